The number of nitrogens with zero attached hydrogens (tertiary/aromatic N) is 2. The Labute approximate surface area is 198 Å². The Kier molecular flexibility index (Phi) is 8.01. The van der Waals surface area contributed by atoms with Crippen molar-refractivity contribution >= 4 is 50.5 Å². The van der Waals surface area contributed by atoms with Crippen molar-refractivity contribution in [2.75, 3.05) is 35.9 Å². The number of benzene rings is 3. The van der Waals surface area contributed by atoms with E-state index < -0.39 is 22.5 Å². The number of amides is 1. The van der Waals surface area contributed by atoms with Crippen LogP contribution in [0.3, 0.4) is 0 Å². The number of halogens is 2. The van der Waals surface area contributed by atoms with Crippen LogP contribution in [0.1, 0.15) is 0 Å². The van der Waals surface area contributed by atoms with Gasteiger partial charge in [-0.2, -0.15) is 0 Å². The van der Waals surface area contributed by atoms with Gasteiger partial charge in [-0.05, 0) is 36.4 Å². The number of carbonyl (C=O) groups is 1. The topological polar surface area (TPSA) is 69.7 Å². The van der Waals surface area contributed by atoms with E-state index in [-0.39, 0.29) is 20.6 Å². The molecule has 3 aromatic carbocycles. The predicted octanol–water partition coefficient (Wildman–Crippen LogP) is 4.44. The number of para-hydroxylation sites is 1. The van der Waals surface area contributed by atoms with Crippen LogP contribution in [-0.4, -0.2) is 41.0 Å². The monoisotopic (exact) mass is 491 g/mol. The average molecular weight is 492 g/mol. The summed E-state index contributed by atoms with van der Waals surface area (Å²) < 4.78 is 27.6. The standard InChI is InChI=1S/C23H23Cl2N3O3S/c1-27(18-9-4-2-5-10-18)16-15-26-22(29)17-28(21-14-8-13-20(24)23(21)25)32(30,31)19-11-6-3-7-12-19/h2-14H,15-17H2,1H3,(H,26,29). The molecule has 6 nitrogen and oxygen atoms in total. The molecule has 0 radical (unpaired) electrons. The lowest BCUT2D eigenvalue weighted by molar-refractivity contribution is -0.119. The molecule has 0 aliphatic heterocycles. The average Bonchev–Trinajstić information content (AvgIpc) is 2.80. The summed E-state index contributed by atoms with van der Waals surface area (Å²) in [6.45, 7) is 0.457. The highest BCUT2D eigenvalue weighted by molar-refractivity contribution is 7.92. The van der Waals surface area contributed by atoms with Crippen molar-refractivity contribution in [2.24, 2.45) is 0 Å². The van der Waals surface area contributed by atoms with Gasteiger partial charge in [-0.25, -0.2) is 8.42 Å². The number of likely N-dealkylation sites (N-methyl/N-ethyl adjacent to an activating group) is 1. The van der Waals surface area contributed by atoms with E-state index in [2.05, 4.69) is 5.32 Å². The number of rotatable bonds is 9. The van der Waals surface area contributed by atoms with E-state index in [0.29, 0.717) is 13.1 Å². The lowest BCUT2D eigenvalue weighted by Crippen LogP contribution is -2.42. The zero-order valence-electron chi connectivity index (χ0n) is 17.4. The molecule has 32 heavy (non-hydrogen) atoms. The molecule has 0 unspecified atom stereocenters. The van der Waals surface area contributed by atoms with Crippen molar-refractivity contribution in [2.45, 2.75) is 4.90 Å². The third-order valence-electron chi connectivity index (χ3n) is 4.78. The summed E-state index contributed by atoms with van der Waals surface area (Å²) in [5.74, 6) is -0.456. The maximum atomic E-state index is 13.3. The number of nitrogens with one attached hydrogen (secondary N) is 1. The van der Waals surface area contributed by atoms with Crippen LogP contribution in [0, 0.1) is 0 Å². The van der Waals surface area contributed by atoms with E-state index in [4.69, 9.17) is 23.2 Å². The molecule has 9 heteroatoms. The fourth-order valence-corrected chi connectivity index (χ4v) is 4.97. The molecule has 0 aromatic heterocycles. The van der Waals surface area contributed by atoms with Crippen LogP contribution in [-0.2, 0) is 14.8 Å². The highest BCUT2D eigenvalue weighted by Gasteiger charge is 2.29. The minimum absolute atomic E-state index is 0.0488. The summed E-state index contributed by atoms with van der Waals surface area (Å²) in [4.78, 5) is 14.7. The second kappa shape index (κ2) is 10.7. The quantitative estimate of drug-likeness (QED) is 0.480. The number of anilines is 2. The molecule has 1 N–H and O–H groups in total. The smallest absolute Gasteiger partial charge is 0.264 e. The molecule has 0 spiro atoms. The van der Waals surface area contributed by atoms with Crippen molar-refractivity contribution in [1.82, 2.24) is 5.32 Å². The van der Waals surface area contributed by atoms with Crippen LogP contribution in [0.4, 0.5) is 11.4 Å². The van der Waals surface area contributed by atoms with Gasteiger partial charge in [0.25, 0.3) is 10.0 Å². The van der Waals surface area contributed by atoms with Gasteiger partial charge in [-0.3, -0.25) is 9.10 Å². The largest absolute Gasteiger partial charge is 0.373 e. The van der Waals surface area contributed by atoms with E-state index in [1.54, 1.807) is 30.3 Å². The van der Waals surface area contributed by atoms with Crippen molar-refractivity contribution in [3.63, 3.8) is 0 Å². The summed E-state index contributed by atoms with van der Waals surface area (Å²) >= 11 is 12.4. The minimum atomic E-state index is -4.05. The van der Waals surface area contributed by atoms with Crippen molar-refractivity contribution in [3.05, 3.63) is 88.9 Å². The van der Waals surface area contributed by atoms with Crippen molar-refractivity contribution in [1.29, 1.82) is 0 Å². The molecule has 0 bridgehead atoms. The van der Waals surface area contributed by atoms with Gasteiger partial charge in [0.2, 0.25) is 5.91 Å². The summed E-state index contributed by atoms with van der Waals surface area (Å²) in [5.41, 5.74) is 1.15. The van der Waals surface area contributed by atoms with Gasteiger partial charge in [0.15, 0.2) is 0 Å². The van der Waals surface area contributed by atoms with Crippen molar-refractivity contribution in [3.8, 4) is 0 Å². The van der Waals surface area contributed by atoms with Crippen LogP contribution in [0.25, 0.3) is 0 Å². The molecular weight excluding hydrogens is 469 g/mol. The van der Waals surface area contributed by atoms with Gasteiger partial charge in [0.05, 0.1) is 20.6 Å². The summed E-state index contributed by atoms with van der Waals surface area (Å²) in [7, 11) is -2.14. The molecule has 0 aliphatic carbocycles. The summed E-state index contributed by atoms with van der Waals surface area (Å²) in [6, 6.07) is 22.3. The maximum Gasteiger partial charge on any atom is 0.264 e. The Morgan fingerprint density at radius 2 is 1.53 bits per heavy atom. The molecule has 0 fully saturated rings. The van der Waals surface area contributed by atoms with Gasteiger partial charge in [-0.15, -0.1) is 0 Å². The molecule has 0 saturated heterocycles. The van der Waals surface area contributed by atoms with E-state index in [1.807, 2.05) is 42.3 Å². The zero-order chi connectivity index (χ0) is 23.1. The van der Waals surface area contributed by atoms with Gasteiger partial charge < -0.3 is 10.2 Å². The van der Waals surface area contributed by atoms with Gasteiger partial charge in [0.1, 0.15) is 6.54 Å². The zero-order valence-corrected chi connectivity index (χ0v) is 19.7. The Bertz CT molecular complexity index is 1160. The molecule has 0 saturated carbocycles. The second-order valence-electron chi connectivity index (χ2n) is 7.00. The van der Waals surface area contributed by atoms with Crippen LogP contribution >= 0.6 is 23.2 Å². The van der Waals surface area contributed by atoms with E-state index in [0.717, 1.165) is 9.99 Å². The molecule has 0 heterocycles. The molecule has 3 aromatic rings. The highest BCUT2D eigenvalue weighted by Crippen LogP contribution is 2.35. The fourth-order valence-electron chi connectivity index (χ4n) is 3.07. The normalized spacial score (nSPS) is 11.1. The predicted molar refractivity (Wildman–Crippen MR) is 130 cm³/mol. The molecule has 168 valence electrons. The van der Waals surface area contributed by atoms with Crippen LogP contribution in [0.2, 0.25) is 10.0 Å². The fraction of sp³-hybridized carbons (Fsp3) is 0.174. The number of hydrogen-bond donors (Lipinski definition) is 1. The number of hydrogen-bond acceptors (Lipinski definition) is 4. The van der Waals surface area contributed by atoms with Crippen LogP contribution in [0.15, 0.2) is 83.8 Å². The van der Waals surface area contributed by atoms with Gasteiger partial charge in [-0.1, -0.05) is 65.7 Å². The first-order valence-corrected chi connectivity index (χ1v) is 12.0. The molecule has 0 atom stereocenters. The Balaban J connectivity index is 1.77. The number of sulfonamides is 1. The number of carbonyl (C=O) groups excluding carboxylic acids is 1. The molecule has 0 aliphatic rings. The molecular formula is C23H23Cl2N3O3S. The second-order valence-corrected chi connectivity index (χ2v) is 9.65. The third kappa shape index (κ3) is 5.73. The molecule has 1 amide bonds. The van der Waals surface area contributed by atoms with E-state index in [1.165, 1.54) is 18.2 Å². The van der Waals surface area contributed by atoms with Crippen LogP contribution in [0.5, 0.6) is 0 Å². The molecule has 3 rings (SSSR count). The van der Waals surface area contributed by atoms with Crippen LogP contribution < -0.4 is 14.5 Å². The Morgan fingerprint density at radius 1 is 0.906 bits per heavy atom. The summed E-state index contributed by atoms with van der Waals surface area (Å²) in [5, 5.41) is 3.04. The Morgan fingerprint density at radius 3 is 2.19 bits per heavy atom. The maximum absolute atomic E-state index is 13.3. The van der Waals surface area contributed by atoms with E-state index >= 15 is 0 Å². The van der Waals surface area contributed by atoms with Gasteiger partial charge >= 0.3 is 0 Å². The van der Waals surface area contributed by atoms with Crippen molar-refractivity contribution < 1.29 is 13.2 Å². The lowest BCUT2D eigenvalue weighted by Gasteiger charge is -2.25. The first kappa shape index (κ1) is 23.9. The van der Waals surface area contributed by atoms with Gasteiger partial charge in [0, 0.05) is 25.8 Å². The first-order valence-electron chi connectivity index (χ1n) is 9.85. The first-order chi connectivity index (χ1) is 15.3. The third-order valence-corrected chi connectivity index (χ3v) is 7.37. The Hall–Kier alpha value is -2.74. The summed E-state index contributed by atoms with van der Waals surface area (Å²) in [6.07, 6.45) is 0. The van der Waals surface area contributed by atoms with E-state index in [9.17, 15) is 13.2 Å². The minimum Gasteiger partial charge on any atom is -0.373 e. The SMILES string of the molecule is CN(CCNC(=O)CN(c1cccc(Cl)c1Cl)S(=O)(=O)c1ccccc1)c1ccccc1. The lowest BCUT2D eigenvalue weighted by atomic mass is 10.3. The highest BCUT2D eigenvalue weighted by atomic mass is 35.5.